The number of rotatable bonds is 2. The SMILES string of the molecule is [2H]c1c([2H])c(-n2c3ccccc3c3ccccc32)c([2H])c([2H])c1-c1nc2nc(n1)-n1c3ccccc3c3cccc(c31)CCc1cccc3c4ccccc4n-2c13. The zero-order valence-electron chi connectivity index (χ0n) is 32.3. The first-order valence-electron chi connectivity index (χ1n) is 19.9. The van der Waals surface area contributed by atoms with E-state index < -0.39 is 0 Å². The van der Waals surface area contributed by atoms with Crippen LogP contribution in [0.2, 0.25) is 0 Å². The molecule has 53 heavy (non-hydrogen) atoms. The van der Waals surface area contributed by atoms with E-state index in [0.29, 0.717) is 11.9 Å². The maximum atomic E-state index is 9.60. The van der Waals surface area contributed by atoms with E-state index in [-0.39, 0.29) is 41.2 Å². The average molecular weight is 683 g/mol. The van der Waals surface area contributed by atoms with Crippen molar-refractivity contribution in [3.05, 3.63) is 169 Å². The van der Waals surface area contributed by atoms with Crippen LogP contribution in [0.1, 0.15) is 16.6 Å². The summed E-state index contributed by atoms with van der Waals surface area (Å²) in [5.74, 6) is 0.733. The van der Waals surface area contributed by atoms with Crippen molar-refractivity contribution in [2.45, 2.75) is 12.8 Å². The first kappa shape index (κ1) is 25.0. The fraction of sp³-hybridized carbons (Fsp3) is 0.0426. The van der Waals surface area contributed by atoms with E-state index in [4.69, 9.17) is 15.0 Å². The molecule has 0 fully saturated rings. The van der Waals surface area contributed by atoms with Crippen molar-refractivity contribution in [3.63, 3.8) is 0 Å². The molecule has 4 aromatic heterocycles. The van der Waals surface area contributed by atoms with Crippen LogP contribution in [0.3, 0.4) is 0 Å². The van der Waals surface area contributed by atoms with Gasteiger partial charge in [-0.15, -0.1) is 0 Å². The summed E-state index contributed by atoms with van der Waals surface area (Å²) in [5, 5.41) is 6.21. The van der Waals surface area contributed by atoms with Gasteiger partial charge in [0.05, 0.1) is 38.6 Å². The highest BCUT2D eigenvalue weighted by Gasteiger charge is 2.24. The van der Waals surface area contributed by atoms with Gasteiger partial charge in [-0.2, -0.15) is 15.0 Å². The fourth-order valence-corrected chi connectivity index (χ4v) is 8.63. The fourth-order valence-electron chi connectivity index (χ4n) is 8.63. The molecule has 7 aromatic carbocycles. The van der Waals surface area contributed by atoms with E-state index >= 15 is 0 Å². The zero-order valence-corrected chi connectivity index (χ0v) is 28.3. The largest absolute Gasteiger partial charge is 0.309 e. The van der Waals surface area contributed by atoms with Gasteiger partial charge in [-0.1, -0.05) is 109 Å². The molecule has 1 aliphatic heterocycles. The number of hydrogen-bond acceptors (Lipinski definition) is 3. The van der Waals surface area contributed by atoms with Gasteiger partial charge in [0.15, 0.2) is 5.82 Å². The summed E-state index contributed by atoms with van der Waals surface area (Å²) >= 11 is 0. The van der Waals surface area contributed by atoms with Crippen LogP contribution in [0.25, 0.3) is 94.4 Å². The summed E-state index contributed by atoms with van der Waals surface area (Å²) in [6, 6.07) is 44.2. The van der Waals surface area contributed by atoms with Crippen LogP contribution < -0.4 is 0 Å². The van der Waals surface area contributed by atoms with Crippen LogP contribution in [-0.2, 0) is 12.8 Å². The number of fused-ring (bicyclic) bond motifs is 13. The summed E-state index contributed by atoms with van der Waals surface area (Å²) in [5.41, 5.74) is 7.90. The average Bonchev–Trinajstić information content (AvgIpc) is 3.89. The van der Waals surface area contributed by atoms with Gasteiger partial charge in [0, 0.05) is 43.6 Å². The van der Waals surface area contributed by atoms with Crippen LogP contribution in [0, 0.1) is 0 Å². The molecule has 6 nitrogen and oxygen atoms in total. The van der Waals surface area contributed by atoms with E-state index in [1.54, 1.807) is 0 Å². The summed E-state index contributed by atoms with van der Waals surface area (Å²) in [7, 11) is 0. The smallest absolute Gasteiger partial charge is 0.240 e. The Labute approximate surface area is 309 Å². The topological polar surface area (TPSA) is 53.5 Å². The summed E-state index contributed by atoms with van der Waals surface area (Å²) < 4.78 is 44.3. The van der Waals surface area contributed by atoms with E-state index in [0.717, 1.165) is 89.4 Å². The number of benzene rings is 7. The highest BCUT2D eigenvalue weighted by Crippen LogP contribution is 2.39. The minimum Gasteiger partial charge on any atom is -0.309 e. The van der Waals surface area contributed by atoms with Crippen LogP contribution in [0.5, 0.6) is 0 Å². The Morgan fingerprint density at radius 3 is 1.26 bits per heavy atom. The molecular weight excluding hydrogens is 649 g/mol. The van der Waals surface area contributed by atoms with Crippen molar-refractivity contribution in [1.82, 2.24) is 28.7 Å². The maximum Gasteiger partial charge on any atom is 0.240 e. The first-order valence-corrected chi connectivity index (χ1v) is 17.9. The molecule has 11 aromatic rings. The van der Waals surface area contributed by atoms with Gasteiger partial charge in [0.1, 0.15) is 0 Å². The van der Waals surface area contributed by atoms with Gasteiger partial charge >= 0.3 is 0 Å². The van der Waals surface area contributed by atoms with Crippen LogP contribution in [0.15, 0.2) is 158 Å². The van der Waals surface area contributed by atoms with E-state index in [1.165, 1.54) is 0 Å². The van der Waals surface area contributed by atoms with Crippen molar-refractivity contribution in [3.8, 4) is 29.0 Å². The van der Waals surface area contributed by atoms with E-state index in [2.05, 4.69) is 69.8 Å². The molecule has 5 heterocycles. The van der Waals surface area contributed by atoms with Gasteiger partial charge in [-0.25, -0.2) is 0 Å². The molecule has 0 radical (unpaired) electrons. The Morgan fingerprint density at radius 1 is 0.396 bits per heavy atom. The summed E-state index contributed by atoms with van der Waals surface area (Å²) in [6.45, 7) is 0. The number of para-hydroxylation sites is 6. The van der Waals surface area contributed by atoms with Crippen molar-refractivity contribution in [2.24, 2.45) is 0 Å². The molecule has 0 N–H and O–H groups in total. The second-order valence-corrected chi connectivity index (χ2v) is 13.7. The van der Waals surface area contributed by atoms with Crippen molar-refractivity contribution in [2.75, 3.05) is 0 Å². The number of aryl methyl sites for hydroxylation is 2. The summed E-state index contributed by atoms with van der Waals surface area (Å²) in [6.07, 6.45) is 1.54. The lowest BCUT2D eigenvalue weighted by Crippen LogP contribution is -2.10. The molecule has 248 valence electrons. The lowest BCUT2D eigenvalue weighted by atomic mass is 10.00. The van der Waals surface area contributed by atoms with Crippen molar-refractivity contribution < 1.29 is 5.48 Å². The van der Waals surface area contributed by atoms with Gasteiger partial charge in [-0.05, 0) is 72.4 Å². The Bertz CT molecular complexity index is 3320. The van der Waals surface area contributed by atoms with E-state index in [9.17, 15) is 5.48 Å². The Balaban J connectivity index is 1.22. The molecule has 0 amide bonds. The first-order chi connectivity index (χ1) is 28.0. The summed E-state index contributed by atoms with van der Waals surface area (Å²) in [4.78, 5) is 15.5. The standard InChI is InChI=1S/C47H30N6/c1-5-19-39-33(13-1)34-14-2-6-20-40(34)51(39)32-27-25-31(26-28-32)45-48-46-50-47(49-45)53-42-22-8-4-16-36(42)38-18-10-12-30(44(38)53)24-23-29-11-9-17-37-35-15-3-7-21-41(35)52(46)43(29)37/h1-22,25-28H,23-24H2/i25D,26D,27D,28D. The minimum atomic E-state index is -0.230. The number of hydrogen-bond donors (Lipinski definition) is 0. The highest BCUT2D eigenvalue weighted by molar-refractivity contribution is 6.12. The second kappa shape index (κ2) is 10.7. The normalized spacial score (nSPS) is 13.8. The molecule has 0 saturated carbocycles. The molecule has 6 heteroatoms. The maximum absolute atomic E-state index is 9.60. The van der Waals surface area contributed by atoms with Gasteiger partial charge in [0.25, 0.3) is 0 Å². The zero-order chi connectivity index (χ0) is 38.1. The van der Waals surface area contributed by atoms with Crippen molar-refractivity contribution in [1.29, 1.82) is 0 Å². The molecule has 12 rings (SSSR count). The third-order valence-electron chi connectivity index (χ3n) is 10.9. The molecule has 2 bridgehead atoms. The minimum absolute atomic E-state index is 0.0104. The number of aromatic nitrogens is 6. The second-order valence-electron chi connectivity index (χ2n) is 13.7. The molecule has 0 saturated heterocycles. The molecule has 0 unspecified atom stereocenters. The van der Waals surface area contributed by atoms with Crippen LogP contribution >= 0.6 is 0 Å². The van der Waals surface area contributed by atoms with Gasteiger partial charge in [0.2, 0.25) is 11.9 Å². The van der Waals surface area contributed by atoms with E-state index in [1.807, 2.05) is 77.4 Å². The van der Waals surface area contributed by atoms with Crippen LogP contribution in [0.4, 0.5) is 0 Å². The van der Waals surface area contributed by atoms with Gasteiger partial charge < -0.3 is 4.57 Å². The monoisotopic (exact) mass is 682 g/mol. The molecule has 0 aliphatic carbocycles. The van der Waals surface area contributed by atoms with Crippen molar-refractivity contribution >= 4 is 65.4 Å². The number of nitrogens with zero attached hydrogens (tertiary/aromatic N) is 6. The van der Waals surface area contributed by atoms with Gasteiger partial charge in [-0.3, -0.25) is 9.13 Å². The highest BCUT2D eigenvalue weighted by atomic mass is 15.3. The lowest BCUT2D eigenvalue weighted by molar-refractivity contribution is 0.892. The predicted molar refractivity (Wildman–Crippen MR) is 216 cm³/mol. The molecular formula is C47H30N6. The Kier molecular flexibility index (Phi) is 5.06. The third-order valence-corrected chi connectivity index (χ3v) is 10.9. The third kappa shape index (κ3) is 4.00. The predicted octanol–water partition coefficient (Wildman–Crippen LogP) is 10.9. The quantitative estimate of drug-likeness (QED) is 0.182. The molecule has 1 aliphatic rings. The lowest BCUT2D eigenvalue weighted by Gasteiger charge is -2.13. The molecule has 0 spiro atoms. The Morgan fingerprint density at radius 2 is 0.792 bits per heavy atom. The van der Waals surface area contributed by atoms with Crippen LogP contribution in [-0.4, -0.2) is 28.7 Å². The molecule has 0 atom stereocenters. The Hall–Kier alpha value is -7.05.